The highest BCUT2D eigenvalue weighted by Crippen LogP contribution is 2.62. The average molecular weight is 468 g/mol. The maximum Gasteiger partial charge on any atom is 0.184 e. The van der Waals surface area contributed by atoms with Crippen LogP contribution in [0, 0.1) is 16.7 Å². The second kappa shape index (κ2) is 8.04. The third-order valence-electron chi connectivity index (χ3n) is 7.51. The predicted molar refractivity (Wildman–Crippen MR) is 146 cm³/mol. The van der Waals surface area contributed by atoms with E-state index in [4.69, 9.17) is 32.1 Å². The van der Waals surface area contributed by atoms with Gasteiger partial charge >= 0.3 is 0 Å². The lowest BCUT2D eigenvalue weighted by atomic mass is 9.52. The third-order valence-corrected chi connectivity index (χ3v) is 7.72. The Balaban J connectivity index is 1.57. The third kappa shape index (κ3) is 3.80. The molecule has 0 amide bonds. The number of nitriles is 1. The molecule has 0 radical (unpaired) electrons. The van der Waals surface area contributed by atoms with Crippen molar-refractivity contribution >= 4 is 46.7 Å². The Morgan fingerprint density at radius 3 is 2.47 bits per heavy atom. The van der Waals surface area contributed by atoms with Crippen LogP contribution in [-0.4, -0.2) is 46.5 Å². The fourth-order valence-corrected chi connectivity index (χ4v) is 6.29. The maximum absolute atomic E-state index is 9.40. The van der Waals surface area contributed by atoms with Crippen LogP contribution in [0.15, 0.2) is 46.4 Å². The molecule has 2 aliphatic carbocycles. The summed E-state index contributed by atoms with van der Waals surface area (Å²) in [4.78, 5) is 10.2. The number of hydrogen-bond acceptors (Lipinski definition) is 5. The summed E-state index contributed by atoms with van der Waals surface area (Å²) in [7, 11) is 6.36. The van der Waals surface area contributed by atoms with Crippen molar-refractivity contribution in [2.24, 2.45) is 21.1 Å². The Bertz CT molecular complexity index is 1250. The lowest BCUT2D eigenvalue weighted by Gasteiger charge is -2.45. The number of ether oxygens (including phenoxy) is 1. The zero-order chi connectivity index (χ0) is 24.3. The molecule has 1 unspecified atom stereocenters. The van der Waals surface area contributed by atoms with Gasteiger partial charge in [-0.2, -0.15) is 5.26 Å². The number of rotatable bonds is 3. The van der Waals surface area contributed by atoms with E-state index >= 15 is 0 Å². The van der Waals surface area contributed by atoms with Crippen LogP contribution in [0.4, 0.5) is 0 Å². The fourth-order valence-electron chi connectivity index (χ4n) is 6.05. The molecule has 1 fully saturated rings. The molecule has 2 aromatic rings. The van der Waals surface area contributed by atoms with Crippen LogP contribution in [0.5, 0.6) is 0 Å². The SMILES string of the molecule is BC(B)(B)O[C@H]1CC[C@]2(CC1)Cc1ccc(-c3cc(Cl)cc(C#N)c3)cc1C21N=C(C)C(N)=N1. The van der Waals surface area contributed by atoms with E-state index in [1.54, 1.807) is 6.07 Å². The molecule has 1 aliphatic heterocycles. The van der Waals surface area contributed by atoms with Crippen molar-refractivity contribution in [2.45, 2.75) is 56.1 Å². The monoisotopic (exact) mass is 468 g/mol. The van der Waals surface area contributed by atoms with Gasteiger partial charge in [0.1, 0.15) is 29.4 Å². The Morgan fingerprint density at radius 1 is 1.12 bits per heavy atom. The van der Waals surface area contributed by atoms with E-state index in [1.807, 2.05) is 19.1 Å². The Morgan fingerprint density at radius 2 is 1.85 bits per heavy atom. The number of amidine groups is 1. The minimum absolute atomic E-state index is 0.111. The van der Waals surface area contributed by atoms with E-state index in [9.17, 15) is 5.26 Å². The van der Waals surface area contributed by atoms with E-state index < -0.39 is 5.66 Å². The van der Waals surface area contributed by atoms with Crippen molar-refractivity contribution in [3.05, 3.63) is 58.1 Å². The van der Waals surface area contributed by atoms with Crippen LogP contribution in [0.3, 0.4) is 0 Å². The lowest BCUT2D eigenvalue weighted by molar-refractivity contribution is -0.0271. The summed E-state index contributed by atoms with van der Waals surface area (Å²) in [5.41, 5.74) is 11.2. The Labute approximate surface area is 209 Å². The summed E-state index contributed by atoms with van der Waals surface area (Å²) < 4.78 is 6.33. The molecule has 34 heavy (non-hydrogen) atoms. The number of halogens is 1. The summed E-state index contributed by atoms with van der Waals surface area (Å²) in [5.74, 6) is 0.528. The van der Waals surface area contributed by atoms with Crippen molar-refractivity contribution < 1.29 is 4.74 Å². The second-order valence-electron chi connectivity index (χ2n) is 11.0. The molecule has 1 atom stereocenters. The van der Waals surface area contributed by atoms with Crippen molar-refractivity contribution in [2.75, 3.05) is 0 Å². The minimum atomic E-state index is -0.699. The zero-order valence-electron chi connectivity index (χ0n) is 20.3. The van der Waals surface area contributed by atoms with Crippen LogP contribution in [-0.2, 0) is 16.8 Å². The van der Waals surface area contributed by atoms with E-state index in [1.165, 1.54) is 5.56 Å². The summed E-state index contributed by atoms with van der Waals surface area (Å²) in [6, 6.07) is 14.2. The predicted octanol–water partition coefficient (Wildman–Crippen LogP) is 1.88. The molecule has 0 saturated heterocycles. The van der Waals surface area contributed by atoms with Gasteiger partial charge in [0.05, 0.1) is 23.4 Å². The van der Waals surface area contributed by atoms with Gasteiger partial charge in [0, 0.05) is 16.0 Å². The van der Waals surface area contributed by atoms with Crippen molar-refractivity contribution in [1.82, 2.24) is 0 Å². The molecular formula is C25H28B3ClN4O. The van der Waals surface area contributed by atoms with Crippen LogP contribution in [0.1, 0.15) is 49.3 Å². The summed E-state index contributed by atoms with van der Waals surface area (Å²) in [6.07, 6.45) is 5.14. The standard InChI is InChI=1S/C25H28B3ClN4O/c1-14-22(31)33-24(32-14)21-11-16(18-8-15(13-30)9-19(29)10-18)2-3-17(21)12-23(24)6-4-20(5-7-23)34-25(26,27)28/h2-3,8-11,20H,4-7,12,26-28H2,1H3,(H2,31,33)/t20-,23-,24?. The van der Waals surface area contributed by atoms with Crippen LogP contribution < -0.4 is 5.73 Å². The molecule has 3 aliphatic rings. The van der Waals surface area contributed by atoms with E-state index in [0.717, 1.165) is 54.5 Å². The molecule has 170 valence electrons. The first-order valence-corrected chi connectivity index (χ1v) is 12.4. The molecule has 1 heterocycles. The van der Waals surface area contributed by atoms with Gasteiger partial charge < -0.3 is 10.5 Å². The molecular weight excluding hydrogens is 440 g/mol. The normalized spacial score (nSPS) is 28.0. The van der Waals surface area contributed by atoms with Crippen LogP contribution >= 0.6 is 11.6 Å². The van der Waals surface area contributed by atoms with Gasteiger partial charge in [-0.05, 0) is 85.3 Å². The Hall–Kier alpha value is -2.49. The highest BCUT2D eigenvalue weighted by molar-refractivity contribution is 6.58. The highest BCUT2D eigenvalue weighted by Gasteiger charge is 2.60. The first-order valence-electron chi connectivity index (χ1n) is 12.0. The minimum Gasteiger partial charge on any atom is -0.398 e. The first kappa shape index (κ1) is 23.3. The van der Waals surface area contributed by atoms with Gasteiger partial charge in [0.15, 0.2) is 5.66 Å². The molecule has 0 bridgehead atoms. The number of nitrogens with zero attached hydrogens (tertiary/aromatic N) is 3. The van der Waals surface area contributed by atoms with Crippen molar-refractivity contribution in [1.29, 1.82) is 5.26 Å². The molecule has 0 aromatic heterocycles. The number of hydrogen-bond donors (Lipinski definition) is 1. The van der Waals surface area contributed by atoms with E-state index in [0.29, 0.717) is 16.4 Å². The fraction of sp³-hybridized carbons (Fsp3) is 0.400. The first-order chi connectivity index (χ1) is 16.0. The number of fused-ring (bicyclic) bond motifs is 3. The summed E-state index contributed by atoms with van der Waals surface area (Å²) in [6.45, 7) is 1.95. The zero-order valence-corrected chi connectivity index (χ0v) is 21.0. The van der Waals surface area contributed by atoms with Gasteiger partial charge in [-0.15, -0.1) is 0 Å². The van der Waals surface area contributed by atoms with Crippen molar-refractivity contribution in [3.63, 3.8) is 0 Å². The molecule has 2 spiro atoms. The van der Waals surface area contributed by atoms with Gasteiger partial charge in [-0.3, -0.25) is 4.99 Å². The smallest absolute Gasteiger partial charge is 0.184 e. The topological polar surface area (TPSA) is 83.8 Å². The average Bonchev–Trinajstić information content (AvgIpc) is 3.21. The molecule has 9 heteroatoms. The van der Waals surface area contributed by atoms with Gasteiger partial charge in [-0.1, -0.05) is 23.7 Å². The molecule has 5 nitrogen and oxygen atoms in total. The number of benzene rings is 2. The number of aliphatic imine (C=N–C) groups is 2. The quantitative estimate of drug-likeness (QED) is 0.699. The van der Waals surface area contributed by atoms with Gasteiger partial charge in [0.2, 0.25) is 0 Å². The van der Waals surface area contributed by atoms with Gasteiger partial charge in [0.25, 0.3) is 0 Å². The van der Waals surface area contributed by atoms with Crippen LogP contribution in [0.2, 0.25) is 5.02 Å². The highest BCUT2D eigenvalue weighted by atomic mass is 35.5. The molecule has 1 saturated carbocycles. The number of nitrogens with two attached hydrogens (primary N) is 1. The van der Waals surface area contributed by atoms with Crippen LogP contribution in [0.25, 0.3) is 11.1 Å². The molecule has 2 N–H and O–H groups in total. The summed E-state index contributed by atoms with van der Waals surface area (Å²) in [5, 5.41) is 9.81. The van der Waals surface area contributed by atoms with E-state index in [2.05, 4.69) is 47.8 Å². The Kier molecular flexibility index (Phi) is 5.50. The second-order valence-corrected chi connectivity index (χ2v) is 11.4. The largest absolute Gasteiger partial charge is 0.398 e. The molecule has 5 rings (SSSR count). The lowest BCUT2D eigenvalue weighted by Crippen LogP contribution is -2.46. The molecule has 2 aromatic carbocycles. The van der Waals surface area contributed by atoms with Gasteiger partial charge in [-0.25, -0.2) is 4.99 Å². The van der Waals surface area contributed by atoms with E-state index in [-0.39, 0.29) is 16.8 Å². The maximum atomic E-state index is 9.40. The summed E-state index contributed by atoms with van der Waals surface area (Å²) >= 11 is 6.31. The van der Waals surface area contributed by atoms with Crippen molar-refractivity contribution in [3.8, 4) is 17.2 Å².